The first kappa shape index (κ1) is 10.5. The minimum absolute atomic E-state index is 0.482. The zero-order chi connectivity index (χ0) is 11.7. The van der Waals surface area contributed by atoms with Crippen LogP contribution < -0.4 is 5.32 Å². The van der Waals surface area contributed by atoms with Crippen LogP contribution in [0.5, 0.6) is 0 Å². The van der Waals surface area contributed by atoms with Gasteiger partial charge in [-0.1, -0.05) is 0 Å². The van der Waals surface area contributed by atoms with Crippen LogP contribution in [-0.2, 0) is 4.74 Å². The molecule has 2 aromatic rings. The standard InChI is InChI=1S/C12H16N4O/c1-13-10-3-2-9-12(15-10)16-11(14-9)8-4-6-17-7-5-8/h2-3,8H,4-7H2,1H3,(H2,13,14,15,16). The molecule has 1 aliphatic rings. The maximum Gasteiger partial charge on any atom is 0.179 e. The van der Waals surface area contributed by atoms with Crippen molar-refractivity contribution in [1.29, 1.82) is 0 Å². The average Bonchev–Trinajstić information content (AvgIpc) is 2.82. The molecule has 0 spiro atoms. The van der Waals surface area contributed by atoms with Gasteiger partial charge in [0.1, 0.15) is 11.6 Å². The second-order valence-corrected chi connectivity index (χ2v) is 4.33. The van der Waals surface area contributed by atoms with Gasteiger partial charge in [-0.3, -0.25) is 0 Å². The Morgan fingerprint density at radius 2 is 2.12 bits per heavy atom. The third-order valence-electron chi connectivity index (χ3n) is 3.23. The van der Waals surface area contributed by atoms with Crippen LogP contribution in [-0.4, -0.2) is 35.2 Å². The number of aromatic nitrogens is 3. The number of nitrogens with zero attached hydrogens (tertiary/aromatic N) is 2. The number of rotatable bonds is 2. The number of H-pyrrole nitrogens is 1. The molecule has 0 unspecified atom stereocenters. The molecule has 17 heavy (non-hydrogen) atoms. The summed E-state index contributed by atoms with van der Waals surface area (Å²) in [5.41, 5.74) is 1.80. The molecule has 0 saturated carbocycles. The molecular formula is C12H16N4O. The van der Waals surface area contributed by atoms with Crippen LogP contribution in [0.3, 0.4) is 0 Å². The van der Waals surface area contributed by atoms with E-state index in [1.165, 1.54) is 0 Å². The summed E-state index contributed by atoms with van der Waals surface area (Å²) in [6, 6.07) is 3.97. The Bertz CT molecular complexity index is 516. The lowest BCUT2D eigenvalue weighted by Crippen LogP contribution is -2.15. The number of aromatic amines is 1. The Morgan fingerprint density at radius 3 is 2.88 bits per heavy atom. The average molecular weight is 232 g/mol. The first-order chi connectivity index (χ1) is 8.36. The predicted molar refractivity (Wildman–Crippen MR) is 66.2 cm³/mol. The Morgan fingerprint density at radius 1 is 1.29 bits per heavy atom. The van der Waals surface area contributed by atoms with Crippen LogP contribution in [0.25, 0.3) is 11.2 Å². The van der Waals surface area contributed by atoms with E-state index in [2.05, 4.69) is 20.3 Å². The molecular weight excluding hydrogens is 216 g/mol. The summed E-state index contributed by atoms with van der Waals surface area (Å²) in [5.74, 6) is 2.38. The van der Waals surface area contributed by atoms with E-state index in [1.807, 2.05) is 19.2 Å². The van der Waals surface area contributed by atoms with Crippen LogP contribution in [0.2, 0.25) is 0 Å². The predicted octanol–water partition coefficient (Wildman–Crippen LogP) is 1.89. The van der Waals surface area contributed by atoms with E-state index in [0.717, 1.165) is 48.9 Å². The summed E-state index contributed by atoms with van der Waals surface area (Å²) in [6.07, 6.45) is 2.08. The second kappa shape index (κ2) is 4.33. The Hall–Kier alpha value is -1.62. The molecule has 2 N–H and O–H groups in total. The summed E-state index contributed by atoms with van der Waals surface area (Å²) in [6.45, 7) is 1.66. The smallest absolute Gasteiger partial charge is 0.179 e. The van der Waals surface area contributed by atoms with Crippen molar-refractivity contribution in [2.45, 2.75) is 18.8 Å². The summed E-state index contributed by atoms with van der Waals surface area (Å²) in [4.78, 5) is 12.4. The van der Waals surface area contributed by atoms with Crippen LogP contribution in [0.4, 0.5) is 5.82 Å². The highest BCUT2D eigenvalue weighted by molar-refractivity contribution is 5.73. The van der Waals surface area contributed by atoms with Gasteiger partial charge in [-0.25, -0.2) is 9.97 Å². The third-order valence-corrected chi connectivity index (χ3v) is 3.23. The zero-order valence-corrected chi connectivity index (χ0v) is 9.86. The van der Waals surface area contributed by atoms with Crippen molar-refractivity contribution in [2.75, 3.05) is 25.6 Å². The van der Waals surface area contributed by atoms with E-state index in [4.69, 9.17) is 4.74 Å². The maximum atomic E-state index is 5.36. The quantitative estimate of drug-likeness (QED) is 0.830. The molecule has 1 aliphatic heterocycles. The number of imidazole rings is 1. The summed E-state index contributed by atoms with van der Waals surface area (Å²) in [5, 5.41) is 3.02. The Balaban J connectivity index is 1.95. The lowest BCUT2D eigenvalue weighted by molar-refractivity contribution is 0.0838. The number of hydrogen-bond acceptors (Lipinski definition) is 4. The van der Waals surface area contributed by atoms with E-state index in [0.29, 0.717) is 5.92 Å². The van der Waals surface area contributed by atoms with Crippen molar-refractivity contribution in [3.8, 4) is 0 Å². The lowest BCUT2D eigenvalue weighted by atomic mass is 10.00. The summed E-state index contributed by atoms with van der Waals surface area (Å²) < 4.78 is 5.36. The minimum Gasteiger partial charge on any atom is -0.381 e. The van der Waals surface area contributed by atoms with Crippen molar-refractivity contribution in [1.82, 2.24) is 15.0 Å². The van der Waals surface area contributed by atoms with Crippen LogP contribution in [0.1, 0.15) is 24.6 Å². The van der Waals surface area contributed by atoms with Gasteiger partial charge in [0.05, 0.1) is 5.52 Å². The normalized spacial score (nSPS) is 17.5. The summed E-state index contributed by atoms with van der Waals surface area (Å²) in [7, 11) is 1.86. The molecule has 0 aromatic carbocycles. The highest BCUT2D eigenvalue weighted by Gasteiger charge is 2.19. The largest absolute Gasteiger partial charge is 0.381 e. The molecule has 0 radical (unpaired) electrons. The molecule has 1 saturated heterocycles. The van der Waals surface area contributed by atoms with Gasteiger partial charge in [0.2, 0.25) is 0 Å². The van der Waals surface area contributed by atoms with Crippen molar-refractivity contribution < 1.29 is 4.74 Å². The molecule has 3 rings (SSSR count). The van der Waals surface area contributed by atoms with Gasteiger partial charge in [-0.15, -0.1) is 0 Å². The van der Waals surface area contributed by atoms with E-state index < -0.39 is 0 Å². The molecule has 0 aliphatic carbocycles. The van der Waals surface area contributed by atoms with Crippen LogP contribution in [0, 0.1) is 0 Å². The zero-order valence-electron chi connectivity index (χ0n) is 9.86. The molecule has 1 fully saturated rings. The van der Waals surface area contributed by atoms with Crippen LogP contribution in [0.15, 0.2) is 12.1 Å². The fourth-order valence-electron chi connectivity index (χ4n) is 2.21. The topological polar surface area (TPSA) is 62.8 Å². The molecule has 0 bridgehead atoms. The number of hydrogen-bond donors (Lipinski definition) is 2. The molecule has 5 heteroatoms. The van der Waals surface area contributed by atoms with Gasteiger partial charge in [0.25, 0.3) is 0 Å². The van der Waals surface area contributed by atoms with Crippen molar-refractivity contribution in [3.63, 3.8) is 0 Å². The van der Waals surface area contributed by atoms with Gasteiger partial charge < -0.3 is 15.0 Å². The fourth-order valence-corrected chi connectivity index (χ4v) is 2.21. The monoisotopic (exact) mass is 232 g/mol. The van der Waals surface area contributed by atoms with Crippen LogP contribution >= 0.6 is 0 Å². The van der Waals surface area contributed by atoms with E-state index >= 15 is 0 Å². The highest BCUT2D eigenvalue weighted by Crippen LogP contribution is 2.26. The van der Waals surface area contributed by atoms with Gasteiger partial charge in [-0.2, -0.15) is 0 Å². The summed E-state index contributed by atoms with van der Waals surface area (Å²) >= 11 is 0. The first-order valence-corrected chi connectivity index (χ1v) is 5.99. The van der Waals surface area contributed by atoms with E-state index in [9.17, 15) is 0 Å². The Kier molecular flexibility index (Phi) is 2.68. The SMILES string of the molecule is CNc1ccc2[nH]c(C3CCOCC3)nc2n1. The van der Waals surface area contributed by atoms with Crippen molar-refractivity contribution >= 4 is 17.0 Å². The number of pyridine rings is 1. The maximum absolute atomic E-state index is 5.36. The van der Waals surface area contributed by atoms with Gasteiger partial charge in [0, 0.05) is 26.2 Å². The first-order valence-electron chi connectivity index (χ1n) is 5.99. The molecule has 5 nitrogen and oxygen atoms in total. The van der Waals surface area contributed by atoms with E-state index in [1.54, 1.807) is 0 Å². The number of nitrogens with one attached hydrogen (secondary N) is 2. The van der Waals surface area contributed by atoms with Crippen molar-refractivity contribution in [2.24, 2.45) is 0 Å². The van der Waals surface area contributed by atoms with Gasteiger partial charge in [-0.05, 0) is 25.0 Å². The molecule has 0 amide bonds. The Labute approximate surface area is 99.6 Å². The minimum atomic E-state index is 0.482. The van der Waals surface area contributed by atoms with Gasteiger partial charge in [0.15, 0.2) is 5.65 Å². The van der Waals surface area contributed by atoms with Crippen molar-refractivity contribution in [3.05, 3.63) is 18.0 Å². The van der Waals surface area contributed by atoms with Gasteiger partial charge >= 0.3 is 0 Å². The number of ether oxygens (including phenoxy) is 1. The molecule has 3 heterocycles. The number of fused-ring (bicyclic) bond motifs is 1. The third kappa shape index (κ3) is 1.98. The fraction of sp³-hybridized carbons (Fsp3) is 0.500. The highest BCUT2D eigenvalue weighted by atomic mass is 16.5. The molecule has 90 valence electrons. The molecule has 2 aromatic heterocycles. The lowest BCUT2D eigenvalue weighted by Gasteiger charge is -2.19. The number of anilines is 1. The second-order valence-electron chi connectivity index (χ2n) is 4.33. The van der Waals surface area contributed by atoms with E-state index in [-0.39, 0.29) is 0 Å². The molecule has 0 atom stereocenters.